The highest BCUT2D eigenvalue weighted by molar-refractivity contribution is 9.10. The van der Waals surface area contributed by atoms with Gasteiger partial charge in [-0.05, 0) is 52.7 Å². The molecule has 0 spiro atoms. The van der Waals surface area contributed by atoms with Crippen molar-refractivity contribution in [1.82, 2.24) is 5.32 Å². The molecule has 1 aromatic carbocycles. The number of benzene rings is 1. The predicted octanol–water partition coefficient (Wildman–Crippen LogP) is 3.90. The third-order valence-corrected chi connectivity index (χ3v) is 3.42. The Kier molecular flexibility index (Phi) is 4.44. The van der Waals surface area contributed by atoms with Crippen LogP contribution >= 0.6 is 15.9 Å². The SMILES string of the molecule is COc1ccc(CNC(C)c2ccco2)cc1Br. The number of furan rings is 1. The summed E-state index contributed by atoms with van der Waals surface area (Å²) in [6.45, 7) is 2.86. The Bertz CT molecular complexity index is 497. The van der Waals surface area contributed by atoms with Gasteiger partial charge in [-0.25, -0.2) is 0 Å². The predicted molar refractivity (Wildman–Crippen MR) is 74.7 cm³/mol. The summed E-state index contributed by atoms with van der Waals surface area (Å²) < 4.78 is 11.5. The Hall–Kier alpha value is -1.26. The van der Waals surface area contributed by atoms with Crippen molar-refractivity contribution in [2.24, 2.45) is 0 Å². The van der Waals surface area contributed by atoms with Crippen LogP contribution in [0.15, 0.2) is 45.5 Å². The average molecular weight is 310 g/mol. The first-order valence-corrected chi connectivity index (χ1v) is 6.59. The lowest BCUT2D eigenvalue weighted by Gasteiger charge is -2.12. The summed E-state index contributed by atoms with van der Waals surface area (Å²) >= 11 is 3.48. The lowest BCUT2D eigenvalue weighted by molar-refractivity contribution is 0.411. The van der Waals surface area contributed by atoms with Gasteiger partial charge < -0.3 is 14.5 Å². The average Bonchev–Trinajstić information content (AvgIpc) is 2.90. The van der Waals surface area contributed by atoms with Gasteiger partial charge in [-0.15, -0.1) is 0 Å². The molecule has 0 aliphatic rings. The van der Waals surface area contributed by atoms with Gasteiger partial charge in [-0.2, -0.15) is 0 Å². The van der Waals surface area contributed by atoms with Crippen molar-refractivity contribution in [2.45, 2.75) is 19.5 Å². The standard InChI is InChI=1S/C14H16BrNO2/c1-10(13-4-3-7-18-13)16-9-11-5-6-14(17-2)12(15)8-11/h3-8,10,16H,9H2,1-2H3. The lowest BCUT2D eigenvalue weighted by Crippen LogP contribution is -2.17. The molecule has 1 heterocycles. The van der Waals surface area contributed by atoms with Gasteiger partial charge in [0, 0.05) is 6.54 Å². The van der Waals surface area contributed by atoms with Crippen LogP contribution in [0.3, 0.4) is 0 Å². The Morgan fingerprint density at radius 1 is 1.39 bits per heavy atom. The largest absolute Gasteiger partial charge is 0.496 e. The van der Waals surface area contributed by atoms with E-state index in [1.807, 2.05) is 24.3 Å². The molecule has 1 aromatic heterocycles. The number of hydrogen-bond donors (Lipinski definition) is 1. The summed E-state index contributed by atoms with van der Waals surface area (Å²) in [5, 5.41) is 3.41. The molecule has 1 N–H and O–H groups in total. The van der Waals surface area contributed by atoms with E-state index in [-0.39, 0.29) is 6.04 Å². The topological polar surface area (TPSA) is 34.4 Å². The summed E-state index contributed by atoms with van der Waals surface area (Å²) in [5.74, 6) is 1.79. The summed E-state index contributed by atoms with van der Waals surface area (Å²) in [4.78, 5) is 0. The van der Waals surface area contributed by atoms with E-state index in [1.54, 1.807) is 13.4 Å². The summed E-state index contributed by atoms with van der Waals surface area (Å²) in [6, 6.07) is 10.1. The Morgan fingerprint density at radius 3 is 2.83 bits per heavy atom. The lowest BCUT2D eigenvalue weighted by atomic mass is 10.2. The van der Waals surface area contributed by atoms with E-state index >= 15 is 0 Å². The maximum atomic E-state index is 5.35. The molecule has 2 rings (SSSR count). The van der Waals surface area contributed by atoms with Gasteiger partial charge in [-0.1, -0.05) is 6.07 Å². The van der Waals surface area contributed by atoms with Crippen LogP contribution in [-0.2, 0) is 6.54 Å². The van der Waals surface area contributed by atoms with Gasteiger partial charge in [0.15, 0.2) is 0 Å². The molecule has 0 aliphatic heterocycles. The van der Waals surface area contributed by atoms with Crippen LogP contribution in [0.4, 0.5) is 0 Å². The van der Waals surface area contributed by atoms with E-state index in [0.717, 1.165) is 22.5 Å². The summed E-state index contributed by atoms with van der Waals surface area (Å²) in [6.07, 6.45) is 1.69. The molecular weight excluding hydrogens is 294 g/mol. The van der Waals surface area contributed by atoms with E-state index in [9.17, 15) is 0 Å². The summed E-state index contributed by atoms with van der Waals surface area (Å²) in [5.41, 5.74) is 1.20. The molecule has 0 fully saturated rings. The fourth-order valence-electron chi connectivity index (χ4n) is 1.73. The van der Waals surface area contributed by atoms with Crippen LogP contribution in [0.25, 0.3) is 0 Å². The highest BCUT2D eigenvalue weighted by Gasteiger charge is 2.08. The molecule has 3 nitrogen and oxygen atoms in total. The first-order valence-electron chi connectivity index (χ1n) is 5.80. The molecule has 0 saturated heterocycles. The van der Waals surface area contributed by atoms with Crippen molar-refractivity contribution in [1.29, 1.82) is 0 Å². The highest BCUT2D eigenvalue weighted by atomic mass is 79.9. The molecule has 0 aliphatic carbocycles. The zero-order valence-corrected chi connectivity index (χ0v) is 12.0. The third kappa shape index (κ3) is 3.15. The first kappa shape index (κ1) is 13.2. The van der Waals surface area contributed by atoms with Crippen LogP contribution in [-0.4, -0.2) is 7.11 Å². The Morgan fingerprint density at radius 2 is 2.22 bits per heavy atom. The fourth-order valence-corrected chi connectivity index (χ4v) is 2.32. The van der Waals surface area contributed by atoms with Gasteiger partial charge in [0.1, 0.15) is 11.5 Å². The van der Waals surface area contributed by atoms with Crippen molar-refractivity contribution in [2.75, 3.05) is 7.11 Å². The quantitative estimate of drug-likeness (QED) is 0.909. The molecule has 0 saturated carbocycles. The van der Waals surface area contributed by atoms with Crippen LogP contribution < -0.4 is 10.1 Å². The normalized spacial score (nSPS) is 12.4. The molecule has 0 radical (unpaired) electrons. The van der Waals surface area contributed by atoms with Gasteiger partial charge >= 0.3 is 0 Å². The second-order valence-electron chi connectivity index (χ2n) is 4.09. The molecule has 1 unspecified atom stereocenters. The van der Waals surface area contributed by atoms with E-state index in [0.29, 0.717) is 0 Å². The molecule has 4 heteroatoms. The van der Waals surface area contributed by atoms with Crippen LogP contribution in [0.1, 0.15) is 24.3 Å². The second kappa shape index (κ2) is 6.07. The summed E-state index contributed by atoms with van der Waals surface area (Å²) in [7, 11) is 1.66. The van der Waals surface area contributed by atoms with Crippen LogP contribution in [0.5, 0.6) is 5.75 Å². The molecule has 18 heavy (non-hydrogen) atoms. The molecule has 96 valence electrons. The molecule has 0 amide bonds. The Labute approximate surface area is 115 Å². The van der Waals surface area contributed by atoms with Gasteiger partial charge in [-0.3, -0.25) is 0 Å². The smallest absolute Gasteiger partial charge is 0.133 e. The van der Waals surface area contributed by atoms with Gasteiger partial charge in [0.05, 0.1) is 23.9 Å². The third-order valence-electron chi connectivity index (χ3n) is 2.80. The van der Waals surface area contributed by atoms with Gasteiger partial charge in [0.2, 0.25) is 0 Å². The maximum absolute atomic E-state index is 5.35. The minimum absolute atomic E-state index is 0.195. The zero-order chi connectivity index (χ0) is 13.0. The van der Waals surface area contributed by atoms with Crippen molar-refractivity contribution in [3.63, 3.8) is 0 Å². The minimum atomic E-state index is 0.195. The van der Waals surface area contributed by atoms with E-state index in [2.05, 4.69) is 34.2 Å². The molecule has 2 aromatic rings. The van der Waals surface area contributed by atoms with Crippen molar-refractivity contribution >= 4 is 15.9 Å². The van der Waals surface area contributed by atoms with E-state index < -0.39 is 0 Å². The van der Waals surface area contributed by atoms with Gasteiger partial charge in [0.25, 0.3) is 0 Å². The van der Waals surface area contributed by atoms with Crippen molar-refractivity contribution < 1.29 is 9.15 Å². The zero-order valence-electron chi connectivity index (χ0n) is 10.4. The first-order chi connectivity index (χ1) is 8.70. The number of methoxy groups -OCH3 is 1. The number of hydrogen-bond acceptors (Lipinski definition) is 3. The molecule has 1 atom stereocenters. The monoisotopic (exact) mass is 309 g/mol. The van der Waals surface area contributed by atoms with E-state index in [1.165, 1.54) is 5.56 Å². The Balaban J connectivity index is 1.96. The van der Waals surface area contributed by atoms with Crippen LogP contribution in [0, 0.1) is 0 Å². The number of rotatable bonds is 5. The highest BCUT2D eigenvalue weighted by Crippen LogP contribution is 2.25. The molecular formula is C14H16BrNO2. The number of halogens is 1. The number of nitrogens with one attached hydrogen (secondary N) is 1. The molecule has 0 bridgehead atoms. The van der Waals surface area contributed by atoms with Crippen molar-refractivity contribution in [3.8, 4) is 5.75 Å². The fraction of sp³-hybridized carbons (Fsp3) is 0.286. The van der Waals surface area contributed by atoms with E-state index in [4.69, 9.17) is 9.15 Å². The second-order valence-corrected chi connectivity index (χ2v) is 4.94. The minimum Gasteiger partial charge on any atom is -0.496 e. The number of ether oxygens (including phenoxy) is 1. The van der Waals surface area contributed by atoms with Crippen molar-refractivity contribution in [3.05, 3.63) is 52.4 Å². The van der Waals surface area contributed by atoms with Crippen LogP contribution in [0.2, 0.25) is 0 Å². The maximum Gasteiger partial charge on any atom is 0.133 e.